The second-order valence-electron chi connectivity index (χ2n) is 2.12. The van der Waals surface area contributed by atoms with Crippen molar-refractivity contribution in [2.24, 2.45) is 0 Å². The second kappa shape index (κ2) is 5.71. The summed E-state index contributed by atoms with van der Waals surface area (Å²) in [5.74, 6) is -0.315. The summed E-state index contributed by atoms with van der Waals surface area (Å²) in [4.78, 5) is 10.7. The van der Waals surface area contributed by atoms with Crippen molar-refractivity contribution >= 4 is 5.97 Å². The Bertz CT molecular complexity index is 168. The molecule has 61 valence electrons. The van der Waals surface area contributed by atoms with Crippen molar-refractivity contribution in [3.8, 4) is 0 Å². The maximum Gasteiger partial charge on any atom is 0.330 e. The van der Waals surface area contributed by atoms with E-state index in [0.717, 1.165) is 5.57 Å². The van der Waals surface area contributed by atoms with Gasteiger partial charge in [0.25, 0.3) is 0 Å². The highest BCUT2D eigenvalue weighted by molar-refractivity contribution is 5.82. The minimum atomic E-state index is -0.315. The number of allylic oxidation sites excluding steroid dienone is 2. The molecule has 0 heterocycles. The normalized spacial score (nSPS) is 10.0. The van der Waals surface area contributed by atoms with E-state index in [0.29, 0.717) is 6.61 Å². The third-order valence-electron chi connectivity index (χ3n) is 0.900. The molecule has 0 saturated carbocycles. The number of esters is 1. The fourth-order valence-corrected chi connectivity index (χ4v) is 0.481. The van der Waals surface area contributed by atoms with Crippen LogP contribution >= 0.6 is 0 Å². The molecular weight excluding hydrogens is 140 g/mol. The van der Waals surface area contributed by atoms with Crippen LogP contribution in [0.5, 0.6) is 0 Å². The molecule has 0 aromatic rings. The van der Waals surface area contributed by atoms with E-state index < -0.39 is 0 Å². The zero-order valence-corrected chi connectivity index (χ0v) is 6.96. The average molecular weight is 153 g/mol. The van der Waals surface area contributed by atoms with E-state index in [4.69, 9.17) is 0 Å². The molecule has 0 aliphatic heterocycles. The lowest BCUT2D eigenvalue weighted by Gasteiger charge is -1.93. The molecular formula is C9H13O2. The first-order chi connectivity index (χ1) is 5.16. The molecule has 0 aromatic heterocycles. The van der Waals surface area contributed by atoms with Crippen LogP contribution in [0.3, 0.4) is 0 Å². The van der Waals surface area contributed by atoms with Crippen LogP contribution in [0.4, 0.5) is 0 Å². The molecule has 2 nitrogen and oxygen atoms in total. The highest BCUT2D eigenvalue weighted by atomic mass is 16.5. The molecule has 0 rings (SSSR count). The van der Waals surface area contributed by atoms with Gasteiger partial charge in [-0.15, -0.1) is 0 Å². The predicted molar refractivity (Wildman–Crippen MR) is 44.9 cm³/mol. The van der Waals surface area contributed by atoms with Crippen molar-refractivity contribution in [2.75, 3.05) is 6.61 Å². The summed E-state index contributed by atoms with van der Waals surface area (Å²) in [6, 6.07) is 0. The number of rotatable bonds is 4. The van der Waals surface area contributed by atoms with Gasteiger partial charge in [0.05, 0.1) is 6.61 Å². The molecule has 0 amide bonds. The molecule has 1 radical (unpaired) electrons. The van der Waals surface area contributed by atoms with Crippen molar-refractivity contribution in [3.05, 3.63) is 30.7 Å². The molecule has 2 heteroatoms. The van der Waals surface area contributed by atoms with E-state index in [9.17, 15) is 4.79 Å². The van der Waals surface area contributed by atoms with Gasteiger partial charge in [-0.1, -0.05) is 18.2 Å². The van der Waals surface area contributed by atoms with Gasteiger partial charge in [0.2, 0.25) is 0 Å². The second-order valence-corrected chi connectivity index (χ2v) is 2.12. The molecule has 0 N–H and O–H groups in total. The fourth-order valence-electron chi connectivity index (χ4n) is 0.481. The summed E-state index contributed by atoms with van der Waals surface area (Å²) in [5, 5.41) is 0. The first-order valence-corrected chi connectivity index (χ1v) is 3.50. The number of hydrogen-bond donors (Lipinski definition) is 0. The minimum absolute atomic E-state index is 0.315. The summed E-state index contributed by atoms with van der Waals surface area (Å²) < 4.78 is 4.65. The summed E-state index contributed by atoms with van der Waals surface area (Å²) in [6.07, 6.45) is 4.75. The van der Waals surface area contributed by atoms with Crippen LogP contribution in [0.25, 0.3) is 0 Å². The molecule has 0 spiro atoms. The molecule has 0 aliphatic rings. The van der Waals surface area contributed by atoms with Crippen LogP contribution in [0.15, 0.2) is 24.3 Å². The van der Waals surface area contributed by atoms with E-state index in [-0.39, 0.29) is 5.97 Å². The van der Waals surface area contributed by atoms with Crippen LogP contribution < -0.4 is 0 Å². The van der Waals surface area contributed by atoms with Crippen molar-refractivity contribution in [2.45, 2.75) is 13.8 Å². The molecule has 0 unspecified atom stereocenters. The van der Waals surface area contributed by atoms with Gasteiger partial charge in [-0.25, -0.2) is 4.79 Å². The molecule has 11 heavy (non-hydrogen) atoms. The Morgan fingerprint density at radius 2 is 2.27 bits per heavy atom. The van der Waals surface area contributed by atoms with Gasteiger partial charge >= 0.3 is 5.97 Å². The average Bonchev–Trinajstić information content (AvgIpc) is 1.87. The number of hydrogen-bond acceptors (Lipinski definition) is 2. The van der Waals surface area contributed by atoms with Crippen LogP contribution in [0.2, 0.25) is 0 Å². The predicted octanol–water partition coefficient (Wildman–Crippen LogP) is 1.89. The molecule has 0 atom stereocenters. The largest absolute Gasteiger partial charge is 0.463 e. The molecule has 0 fully saturated rings. The number of carbonyl (C=O) groups excluding carboxylic acids is 1. The first kappa shape index (κ1) is 9.95. The third kappa shape index (κ3) is 6.84. The Labute approximate surface area is 67.6 Å². The maximum atomic E-state index is 10.7. The zero-order valence-electron chi connectivity index (χ0n) is 6.96. The lowest BCUT2D eigenvalue weighted by Crippen LogP contribution is -1.98. The minimum Gasteiger partial charge on any atom is -0.463 e. The quantitative estimate of drug-likeness (QED) is 0.455. The van der Waals surface area contributed by atoms with Crippen molar-refractivity contribution in [1.29, 1.82) is 0 Å². The lowest BCUT2D eigenvalue weighted by atomic mass is 10.2. The monoisotopic (exact) mass is 153 g/mol. The number of carbonyl (C=O) groups is 1. The highest BCUT2D eigenvalue weighted by Crippen LogP contribution is 1.94. The van der Waals surface area contributed by atoms with Gasteiger partial charge in [0.1, 0.15) is 0 Å². The van der Waals surface area contributed by atoms with Gasteiger partial charge in [-0.2, -0.15) is 0 Å². The lowest BCUT2D eigenvalue weighted by molar-refractivity contribution is -0.137. The summed E-state index contributed by atoms with van der Waals surface area (Å²) in [5.41, 5.74) is 0.908. The van der Waals surface area contributed by atoms with Gasteiger partial charge in [0, 0.05) is 12.5 Å². The van der Waals surface area contributed by atoms with E-state index in [1.165, 1.54) is 6.08 Å². The Morgan fingerprint density at radius 1 is 1.64 bits per heavy atom. The van der Waals surface area contributed by atoms with Crippen molar-refractivity contribution in [1.82, 2.24) is 0 Å². The summed E-state index contributed by atoms with van der Waals surface area (Å²) in [6.45, 7) is 7.68. The fraction of sp³-hybridized carbons (Fsp3) is 0.333. The van der Waals surface area contributed by atoms with Gasteiger partial charge < -0.3 is 4.74 Å². The molecule has 0 bridgehead atoms. The maximum absolute atomic E-state index is 10.7. The summed E-state index contributed by atoms with van der Waals surface area (Å²) >= 11 is 0. The standard InChI is InChI=1S/C9H13O2/c1-4-11-9(10)7-5-6-8(2)3/h5-7H,2,4H2,1,3H3/b7-5+. The summed E-state index contributed by atoms with van der Waals surface area (Å²) in [7, 11) is 0. The van der Waals surface area contributed by atoms with E-state index >= 15 is 0 Å². The van der Waals surface area contributed by atoms with Crippen LogP contribution in [-0.4, -0.2) is 12.6 Å². The first-order valence-electron chi connectivity index (χ1n) is 3.50. The van der Waals surface area contributed by atoms with Gasteiger partial charge in [-0.3, -0.25) is 0 Å². The molecule has 0 saturated heterocycles. The zero-order chi connectivity index (χ0) is 8.69. The smallest absolute Gasteiger partial charge is 0.330 e. The third-order valence-corrected chi connectivity index (χ3v) is 0.900. The van der Waals surface area contributed by atoms with E-state index in [2.05, 4.69) is 11.3 Å². The Morgan fingerprint density at radius 3 is 2.73 bits per heavy atom. The van der Waals surface area contributed by atoms with E-state index in [1.807, 2.05) is 6.92 Å². The molecule has 0 aliphatic carbocycles. The highest BCUT2D eigenvalue weighted by Gasteiger charge is 1.91. The van der Waals surface area contributed by atoms with Crippen LogP contribution in [0, 0.1) is 6.42 Å². The van der Waals surface area contributed by atoms with Gasteiger partial charge in [-0.05, 0) is 13.8 Å². The van der Waals surface area contributed by atoms with Crippen LogP contribution in [0.1, 0.15) is 13.8 Å². The SMILES string of the molecule is C=C(C)[CH]/C=C/C(=O)OCC. The van der Waals surface area contributed by atoms with Gasteiger partial charge in [0.15, 0.2) is 0 Å². The van der Waals surface area contributed by atoms with Crippen molar-refractivity contribution in [3.63, 3.8) is 0 Å². The number of ether oxygens (including phenoxy) is 1. The van der Waals surface area contributed by atoms with Crippen LogP contribution in [-0.2, 0) is 9.53 Å². The Kier molecular flexibility index (Phi) is 5.17. The van der Waals surface area contributed by atoms with Crippen molar-refractivity contribution < 1.29 is 9.53 Å². The Hall–Kier alpha value is -1.05. The van der Waals surface area contributed by atoms with E-state index in [1.54, 1.807) is 19.4 Å². The topological polar surface area (TPSA) is 26.3 Å². The molecule has 0 aromatic carbocycles. The Balaban J connectivity index is 3.56.